The molecule has 0 amide bonds. The average molecular weight is 320 g/mol. The molecule has 21 heavy (non-hydrogen) atoms. The van der Waals surface area contributed by atoms with E-state index in [1.165, 1.54) is 17.4 Å². The molecule has 0 saturated carbocycles. The Morgan fingerprint density at radius 1 is 1.14 bits per heavy atom. The number of fused-ring (bicyclic) bond motifs is 1. The molecule has 0 aliphatic heterocycles. The molecule has 1 aromatic carbocycles. The maximum atomic E-state index is 12.2. The van der Waals surface area contributed by atoms with Crippen LogP contribution in [0, 0.1) is 6.92 Å². The SMILES string of the molecule is Cc1ccc(S(=O)(=O)Nc2ccc3cc[nH]c(=O)c3c2)s1. The van der Waals surface area contributed by atoms with Crippen LogP contribution < -0.4 is 10.3 Å². The first kappa shape index (κ1) is 13.8. The fraction of sp³-hybridized carbons (Fsp3) is 0.0714. The summed E-state index contributed by atoms with van der Waals surface area (Å²) in [6.07, 6.45) is 1.56. The summed E-state index contributed by atoms with van der Waals surface area (Å²) in [7, 11) is -3.62. The van der Waals surface area contributed by atoms with E-state index in [4.69, 9.17) is 0 Å². The van der Waals surface area contributed by atoms with Crippen molar-refractivity contribution < 1.29 is 8.42 Å². The summed E-state index contributed by atoms with van der Waals surface area (Å²) in [5.41, 5.74) is 0.116. The molecule has 3 rings (SSSR count). The normalized spacial score (nSPS) is 11.7. The number of aromatic amines is 1. The van der Waals surface area contributed by atoms with Crippen molar-refractivity contribution >= 4 is 37.8 Å². The van der Waals surface area contributed by atoms with Gasteiger partial charge in [0.25, 0.3) is 15.6 Å². The molecule has 0 atom stereocenters. The van der Waals surface area contributed by atoms with Crippen molar-refractivity contribution in [3.8, 4) is 0 Å². The molecule has 0 saturated heterocycles. The van der Waals surface area contributed by atoms with E-state index in [0.717, 1.165) is 10.3 Å². The zero-order valence-corrected chi connectivity index (χ0v) is 12.7. The van der Waals surface area contributed by atoms with E-state index in [1.807, 2.05) is 6.92 Å². The molecule has 0 unspecified atom stereocenters. The largest absolute Gasteiger partial charge is 0.329 e. The molecule has 2 heterocycles. The molecule has 5 nitrogen and oxygen atoms in total. The van der Waals surface area contributed by atoms with Gasteiger partial charge in [0.2, 0.25) is 0 Å². The van der Waals surface area contributed by atoms with E-state index in [0.29, 0.717) is 11.1 Å². The number of nitrogens with one attached hydrogen (secondary N) is 2. The van der Waals surface area contributed by atoms with Gasteiger partial charge in [-0.1, -0.05) is 6.07 Å². The van der Waals surface area contributed by atoms with Gasteiger partial charge in [-0.2, -0.15) is 0 Å². The summed E-state index contributed by atoms with van der Waals surface area (Å²) in [4.78, 5) is 15.2. The second-order valence-corrected chi connectivity index (χ2v) is 7.78. The summed E-state index contributed by atoms with van der Waals surface area (Å²) in [5, 5.41) is 1.20. The van der Waals surface area contributed by atoms with E-state index in [-0.39, 0.29) is 9.77 Å². The van der Waals surface area contributed by atoms with Crippen LogP contribution in [-0.4, -0.2) is 13.4 Å². The summed E-state index contributed by atoms with van der Waals surface area (Å²) < 4.78 is 27.2. The average Bonchev–Trinajstić information content (AvgIpc) is 2.87. The van der Waals surface area contributed by atoms with Crippen LogP contribution in [0.5, 0.6) is 0 Å². The van der Waals surface area contributed by atoms with Crippen LogP contribution in [0.25, 0.3) is 10.8 Å². The third-order valence-electron chi connectivity index (χ3n) is 3.01. The predicted molar refractivity (Wildman–Crippen MR) is 84.4 cm³/mol. The van der Waals surface area contributed by atoms with Crippen molar-refractivity contribution in [1.82, 2.24) is 4.98 Å². The number of benzene rings is 1. The Morgan fingerprint density at radius 3 is 2.67 bits per heavy atom. The van der Waals surface area contributed by atoms with E-state index in [1.54, 1.807) is 36.5 Å². The molecule has 0 bridgehead atoms. The Labute approximate surface area is 125 Å². The fourth-order valence-electron chi connectivity index (χ4n) is 2.01. The molecule has 108 valence electrons. The highest BCUT2D eigenvalue weighted by molar-refractivity contribution is 7.94. The van der Waals surface area contributed by atoms with Gasteiger partial charge in [0, 0.05) is 22.1 Å². The van der Waals surface area contributed by atoms with E-state index < -0.39 is 10.0 Å². The lowest BCUT2D eigenvalue weighted by Crippen LogP contribution is -2.12. The molecule has 7 heteroatoms. The Hall–Kier alpha value is -2.12. The van der Waals surface area contributed by atoms with Gasteiger partial charge in [0.15, 0.2) is 0 Å². The maximum Gasteiger partial charge on any atom is 0.271 e. The molecular weight excluding hydrogens is 308 g/mol. The summed E-state index contributed by atoms with van der Waals surface area (Å²) in [6, 6.07) is 9.96. The third-order valence-corrected chi connectivity index (χ3v) is 5.88. The smallest absolute Gasteiger partial charge is 0.271 e. The van der Waals surface area contributed by atoms with Crippen molar-refractivity contribution in [2.75, 3.05) is 4.72 Å². The maximum absolute atomic E-state index is 12.2. The minimum absolute atomic E-state index is 0.250. The zero-order chi connectivity index (χ0) is 15.0. The van der Waals surface area contributed by atoms with Crippen molar-refractivity contribution in [2.45, 2.75) is 11.1 Å². The second kappa shape index (κ2) is 5.01. The molecule has 0 radical (unpaired) electrons. The predicted octanol–water partition coefficient (Wildman–Crippen LogP) is 2.70. The number of pyridine rings is 1. The van der Waals surface area contributed by atoms with E-state index in [9.17, 15) is 13.2 Å². The first-order valence-electron chi connectivity index (χ1n) is 6.16. The standard InChI is InChI=1S/C14H12N2O3S2/c1-9-2-5-13(20-9)21(18,19)16-11-4-3-10-6-7-15-14(17)12(10)8-11/h2-8,16H,1H3,(H,15,17). The van der Waals surface area contributed by atoms with Crippen LogP contribution in [0.3, 0.4) is 0 Å². The molecule has 0 spiro atoms. The Bertz CT molecular complexity index is 971. The lowest BCUT2D eigenvalue weighted by molar-refractivity contribution is 0.603. The number of rotatable bonds is 3. The lowest BCUT2D eigenvalue weighted by atomic mass is 10.1. The molecule has 0 aliphatic rings. The summed E-state index contributed by atoms with van der Waals surface area (Å²) in [6.45, 7) is 1.85. The van der Waals surface area contributed by atoms with Gasteiger partial charge in [-0.25, -0.2) is 8.42 Å². The van der Waals surface area contributed by atoms with Crippen LogP contribution in [-0.2, 0) is 10.0 Å². The van der Waals surface area contributed by atoms with Crippen molar-refractivity contribution in [1.29, 1.82) is 0 Å². The van der Waals surface area contributed by atoms with Crippen LogP contribution in [0.4, 0.5) is 5.69 Å². The van der Waals surface area contributed by atoms with Crippen LogP contribution >= 0.6 is 11.3 Å². The number of hydrogen-bond acceptors (Lipinski definition) is 4. The quantitative estimate of drug-likeness (QED) is 0.779. The molecule has 0 fully saturated rings. The zero-order valence-electron chi connectivity index (χ0n) is 11.1. The molecule has 2 N–H and O–H groups in total. The Morgan fingerprint density at radius 2 is 1.95 bits per heavy atom. The monoisotopic (exact) mass is 320 g/mol. The van der Waals surface area contributed by atoms with Crippen LogP contribution in [0.2, 0.25) is 0 Å². The number of aryl methyl sites for hydroxylation is 1. The van der Waals surface area contributed by atoms with Crippen LogP contribution in [0.15, 0.2) is 51.6 Å². The van der Waals surface area contributed by atoms with Gasteiger partial charge >= 0.3 is 0 Å². The Kier molecular flexibility index (Phi) is 3.30. The second-order valence-electron chi connectivity index (χ2n) is 4.58. The summed E-state index contributed by atoms with van der Waals surface area (Å²) in [5.74, 6) is 0. The molecule has 2 aromatic heterocycles. The first-order valence-corrected chi connectivity index (χ1v) is 8.46. The van der Waals surface area contributed by atoms with Gasteiger partial charge in [-0.05, 0) is 42.6 Å². The highest BCUT2D eigenvalue weighted by atomic mass is 32.2. The fourth-order valence-corrected chi connectivity index (χ4v) is 4.34. The minimum Gasteiger partial charge on any atom is -0.329 e. The van der Waals surface area contributed by atoms with Crippen LogP contribution in [0.1, 0.15) is 4.88 Å². The van der Waals surface area contributed by atoms with E-state index >= 15 is 0 Å². The lowest BCUT2D eigenvalue weighted by Gasteiger charge is -2.07. The summed E-state index contributed by atoms with van der Waals surface area (Å²) >= 11 is 1.20. The van der Waals surface area contributed by atoms with Crippen molar-refractivity contribution in [2.24, 2.45) is 0 Å². The van der Waals surface area contributed by atoms with Gasteiger partial charge in [0.1, 0.15) is 4.21 Å². The van der Waals surface area contributed by atoms with Gasteiger partial charge in [-0.3, -0.25) is 9.52 Å². The minimum atomic E-state index is -3.62. The highest BCUT2D eigenvalue weighted by Gasteiger charge is 2.16. The van der Waals surface area contributed by atoms with Crippen molar-refractivity contribution in [3.05, 3.63) is 57.8 Å². The van der Waals surface area contributed by atoms with Gasteiger partial charge in [-0.15, -0.1) is 11.3 Å². The highest BCUT2D eigenvalue weighted by Crippen LogP contribution is 2.24. The topological polar surface area (TPSA) is 79.0 Å². The van der Waals surface area contributed by atoms with Gasteiger partial charge < -0.3 is 4.98 Å². The number of hydrogen-bond donors (Lipinski definition) is 2. The first-order chi connectivity index (χ1) is 9.95. The molecule has 0 aliphatic carbocycles. The molecule has 3 aromatic rings. The Balaban J connectivity index is 2.02. The van der Waals surface area contributed by atoms with E-state index in [2.05, 4.69) is 9.71 Å². The third kappa shape index (κ3) is 2.70. The van der Waals surface area contributed by atoms with Crippen molar-refractivity contribution in [3.63, 3.8) is 0 Å². The number of anilines is 1. The number of aromatic nitrogens is 1. The number of H-pyrrole nitrogens is 1. The number of sulfonamides is 1. The molecular formula is C14H12N2O3S2. The number of thiophene rings is 1. The van der Waals surface area contributed by atoms with Gasteiger partial charge in [0.05, 0.1) is 0 Å².